The summed E-state index contributed by atoms with van der Waals surface area (Å²) in [7, 11) is 3.68. The minimum Gasteiger partial charge on any atom is -0.343 e. The molecule has 20 heavy (non-hydrogen) atoms. The van der Waals surface area contributed by atoms with Crippen LogP contribution in [0.25, 0.3) is 0 Å². The Balaban J connectivity index is 2.64. The van der Waals surface area contributed by atoms with Gasteiger partial charge in [-0.15, -0.1) is 0 Å². The van der Waals surface area contributed by atoms with E-state index in [0.29, 0.717) is 19.5 Å². The fourth-order valence-corrected chi connectivity index (χ4v) is 2.52. The molecule has 1 atom stereocenters. The second-order valence-electron chi connectivity index (χ2n) is 6.85. The van der Waals surface area contributed by atoms with Crippen LogP contribution in [-0.2, 0) is 9.59 Å². The van der Waals surface area contributed by atoms with E-state index in [2.05, 4.69) is 26.1 Å². The molecule has 1 saturated heterocycles. The first-order valence-corrected chi connectivity index (χ1v) is 7.45. The van der Waals surface area contributed by atoms with Crippen molar-refractivity contribution in [3.05, 3.63) is 0 Å². The normalized spacial score (nSPS) is 19.2. The number of rotatable bonds is 5. The highest BCUT2D eigenvalue weighted by atomic mass is 16.2. The van der Waals surface area contributed by atoms with Gasteiger partial charge in [-0.2, -0.15) is 0 Å². The number of nitrogens with zero attached hydrogens (tertiary/aromatic N) is 2. The first-order chi connectivity index (χ1) is 9.26. The van der Waals surface area contributed by atoms with Crippen molar-refractivity contribution in [3.8, 4) is 0 Å². The predicted octanol–water partition coefficient (Wildman–Crippen LogP) is 1.09. The number of carbonyl (C=O) groups is 2. The van der Waals surface area contributed by atoms with Gasteiger partial charge in [0.15, 0.2) is 0 Å². The first kappa shape index (κ1) is 17.0. The zero-order chi connectivity index (χ0) is 15.3. The van der Waals surface area contributed by atoms with Crippen LogP contribution in [0.4, 0.5) is 0 Å². The average Bonchev–Trinajstić information content (AvgIpc) is 2.82. The summed E-state index contributed by atoms with van der Waals surface area (Å²) >= 11 is 0. The van der Waals surface area contributed by atoms with Crippen LogP contribution in [0, 0.1) is 5.41 Å². The molecule has 1 fully saturated rings. The molecule has 1 aliphatic heterocycles. The Morgan fingerprint density at radius 2 is 2.00 bits per heavy atom. The number of amides is 2. The summed E-state index contributed by atoms with van der Waals surface area (Å²) in [6.45, 7) is 8.31. The summed E-state index contributed by atoms with van der Waals surface area (Å²) in [6.07, 6.45) is 2.21. The number of carbonyl (C=O) groups excluding carboxylic acids is 2. The lowest BCUT2D eigenvalue weighted by molar-refractivity contribution is -0.144. The predicted molar refractivity (Wildman–Crippen MR) is 80.4 cm³/mol. The van der Waals surface area contributed by atoms with E-state index in [1.807, 2.05) is 14.1 Å². The van der Waals surface area contributed by atoms with E-state index in [0.717, 1.165) is 19.4 Å². The van der Waals surface area contributed by atoms with Crippen LogP contribution in [0.15, 0.2) is 0 Å². The third kappa shape index (κ3) is 4.78. The summed E-state index contributed by atoms with van der Waals surface area (Å²) in [5, 5.41) is 3.03. The molecule has 5 heteroatoms. The Labute approximate surface area is 122 Å². The zero-order valence-electron chi connectivity index (χ0n) is 13.5. The zero-order valence-corrected chi connectivity index (χ0v) is 13.5. The van der Waals surface area contributed by atoms with Gasteiger partial charge in [-0.1, -0.05) is 20.8 Å². The van der Waals surface area contributed by atoms with Crippen molar-refractivity contribution in [2.75, 3.05) is 33.7 Å². The first-order valence-electron chi connectivity index (χ1n) is 7.45. The molecule has 0 aliphatic carbocycles. The molecular weight excluding hydrogens is 254 g/mol. The lowest BCUT2D eigenvalue weighted by Gasteiger charge is -2.30. The van der Waals surface area contributed by atoms with E-state index in [1.165, 1.54) is 0 Å². The van der Waals surface area contributed by atoms with Crippen molar-refractivity contribution < 1.29 is 9.59 Å². The largest absolute Gasteiger partial charge is 0.343 e. The molecule has 1 aliphatic rings. The van der Waals surface area contributed by atoms with Crippen LogP contribution in [0.2, 0.25) is 0 Å². The number of likely N-dealkylation sites (N-methyl/N-ethyl adjacent to an activating group) is 2. The SMILES string of the molecule is CNCCN(C)C(=O)C1CCCN1C(=O)CC(C)(C)C. The molecule has 1 heterocycles. The summed E-state index contributed by atoms with van der Waals surface area (Å²) < 4.78 is 0. The third-order valence-electron chi connectivity index (χ3n) is 3.61. The topological polar surface area (TPSA) is 52.7 Å². The van der Waals surface area contributed by atoms with Crippen LogP contribution < -0.4 is 5.32 Å². The molecule has 0 aromatic rings. The fourth-order valence-electron chi connectivity index (χ4n) is 2.52. The Kier molecular flexibility index (Phi) is 5.99. The van der Waals surface area contributed by atoms with Crippen molar-refractivity contribution in [2.24, 2.45) is 5.41 Å². The minimum atomic E-state index is -0.258. The van der Waals surface area contributed by atoms with E-state index < -0.39 is 0 Å². The molecule has 0 saturated carbocycles. The van der Waals surface area contributed by atoms with E-state index in [-0.39, 0.29) is 23.3 Å². The maximum absolute atomic E-state index is 12.4. The van der Waals surface area contributed by atoms with Crippen LogP contribution >= 0.6 is 0 Å². The standard InChI is InChI=1S/C15H29N3O2/c1-15(2,3)11-13(19)18-9-6-7-12(18)14(20)17(5)10-8-16-4/h12,16H,6-11H2,1-5H3. The third-order valence-corrected chi connectivity index (χ3v) is 3.61. The van der Waals surface area contributed by atoms with E-state index in [1.54, 1.807) is 9.80 Å². The van der Waals surface area contributed by atoms with Gasteiger partial charge in [0.25, 0.3) is 0 Å². The van der Waals surface area contributed by atoms with Crippen molar-refractivity contribution >= 4 is 11.8 Å². The number of hydrogen-bond donors (Lipinski definition) is 1. The van der Waals surface area contributed by atoms with E-state index in [9.17, 15) is 9.59 Å². The smallest absolute Gasteiger partial charge is 0.245 e. The average molecular weight is 283 g/mol. The molecule has 0 aromatic heterocycles. The molecule has 0 bridgehead atoms. The minimum absolute atomic E-state index is 0.0364. The molecule has 1 rings (SSSR count). The van der Waals surface area contributed by atoms with E-state index >= 15 is 0 Å². The van der Waals surface area contributed by atoms with Crippen LogP contribution in [0.5, 0.6) is 0 Å². The Morgan fingerprint density at radius 1 is 1.35 bits per heavy atom. The van der Waals surface area contributed by atoms with Gasteiger partial charge in [-0.25, -0.2) is 0 Å². The molecule has 0 aromatic carbocycles. The molecule has 0 radical (unpaired) electrons. The van der Waals surface area contributed by atoms with Crippen molar-refractivity contribution in [2.45, 2.75) is 46.1 Å². The molecule has 116 valence electrons. The van der Waals surface area contributed by atoms with Crippen molar-refractivity contribution in [1.82, 2.24) is 15.1 Å². The second-order valence-corrected chi connectivity index (χ2v) is 6.85. The highest BCUT2D eigenvalue weighted by Gasteiger charge is 2.36. The van der Waals surface area contributed by atoms with Gasteiger partial charge in [0, 0.05) is 33.1 Å². The van der Waals surface area contributed by atoms with E-state index in [4.69, 9.17) is 0 Å². The highest BCUT2D eigenvalue weighted by molar-refractivity contribution is 5.88. The maximum Gasteiger partial charge on any atom is 0.245 e. The number of likely N-dealkylation sites (tertiary alicyclic amines) is 1. The van der Waals surface area contributed by atoms with Gasteiger partial charge >= 0.3 is 0 Å². The Hall–Kier alpha value is -1.10. The monoisotopic (exact) mass is 283 g/mol. The molecule has 1 unspecified atom stereocenters. The summed E-state index contributed by atoms with van der Waals surface area (Å²) in [5.74, 6) is 0.176. The molecule has 1 N–H and O–H groups in total. The lowest BCUT2D eigenvalue weighted by Crippen LogP contribution is -2.48. The van der Waals surface area contributed by atoms with Gasteiger partial charge in [0.2, 0.25) is 11.8 Å². The van der Waals surface area contributed by atoms with Gasteiger partial charge in [-0.05, 0) is 25.3 Å². The van der Waals surface area contributed by atoms with Crippen LogP contribution in [-0.4, -0.2) is 61.4 Å². The number of hydrogen-bond acceptors (Lipinski definition) is 3. The molecule has 5 nitrogen and oxygen atoms in total. The van der Waals surface area contributed by atoms with Crippen molar-refractivity contribution in [3.63, 3.8) is 0 Å². The van der Waals surface area contributed by atoms with Crippen molar-refractivity contribution in [1.29, 1.82) is 0 Å². The fraction of sp³-hybridized carbons (Fsp3) is 0.867. The lowest BCUT2D eigenvalue weighted by atomic mass is 9.91. The maximum atomic E-state index is 12.4. The Morgan fingerprint density at radius 3 is 2.55 bits per heavy atom. The van der Waals surface area contributed by atoms with Crippen LogP contribution in [0.1, 0.15) is 40.0 Å². The van der Waals surface area contributed by atoms with Gasteiger partial charge in [-0.3, -0.25) is 9.59 Å². The van der Waals surface area contributed by atoms with Gasteiger partial charge in [0.05, 0.1) is 0 Å². The second kappa shape index (κ2) is 7.07. The number of nitrogens with one attached hydrogen (secondary N) is 1. The highest BCUT2D eigenvalue weighted by Crippen LogP contribution is 2.25. The Bertz CT molecular complexity index is 350. The quantitative estimate of drug-likeness (QED) is 0.822. The summed E-state index contributed by atoms with van der Waals surface area (Å²) in [6, 6.07) is -0.258. The molecule has 2 amide bonds. The summed E-state index contributed by atoms with van der Waals surface area (Å²) in [5.41, 5.74) is -0.0364. The van der Waals surface area contributed by atoms with Gasteiger partial charge in [0.1, 0.15) is 6.04 Å². The van der Waals surface area contributed by atoms with Crippen LogP contribution in [0.3, 0.4) is 0 Å². The molecule has 0 spiro atoms. The molecular formula is C15H29N3O2. The summed E-state index contributed by atoms with van der Waals surface area (Å²) in [4.78, 5) is 28.3. The van der Waals surface area contributed by atoms with Gasteiger partial charge < -0.3 is 15.1 Å².